The van der Waals surface area contributed by atoms with Gasteiger partial charge in [-0.2, -0.15) is 0 Å². The second kappa shape index (κ2) is 11.6. The van der Waals surface area contributed by atoms with Crippen molar-refractivity contribution >= 4 is 5.91 Å². The Bertz CT molecular complexity index is 188. The summed E-state index contributed by atoms with van der Waals surface area (Å²) >= 11 is 0. The molecule has 14 heavy (non-hydrogen) atoms. The predicted octanol–water partition coefficient (Wildman–Crippen LogP) is -0.0569. The summed E-state index contributed by atoms with van der Waals surface area (Å²) in [6.07, 6.45) is 0. The lowest BCUT2D eigenvalue weighted by Gasteiger charge is -1.93. The zero-order valence-electron chi connectivity index (χ0n) is 8.36. The van der Waals surface area contributed by atoms with Gasteiger partial charge >= 0.3 is 0 Å². The van der Waals surface area contributed by atoms with Crippen LogP contribution in [0.2, 0.25) is 0 Å². The number of nitrogens with two attached hydrogens (primary N) is 1. The van der Waals surface area contributed by atoms with Gasteiger partial charge in [-0.25, -0.2) is 0 Å². The van der Waals surface area contributed by atoms with Gasteiger partial charge in [-0.05, 0) is 0 Å². The molecule has 0 aliphatic carbocycles. The highest BCUT2D eigenvalue weighted by atomic mass is 16.1. The average molecular weight is 198 g/mol. The van der Waals surface area contributed by atoms with Crippen LogP contribution in [0.25, 0.3) is 0 Å². The minimum atomic E-state index is -0.0227. The largest absolute Gasteiger partial charge is 0.412 e. The van der Waals surface area contributed by atoms with E-state index in [9.17, 15) is 4.79 Å². The SMILES string of the molecule is CC(=O)NCCN.O.c1ccccc1. The van der Waals surface area contributed by atoms with Crippen LogP contribution in [0.3, 0.4) is 0 Å². The van der Waals surface area contributed by atoms with Gasteiger partial charge in [-0.15, -0.1) is 0 Å². The minimum absolute atomic E-state index is 0. The molecule has 1 amide bonds. The van der Waals surface area contributed by atoms with Gasteiger partial charge in [0.05, 0.1) is 0 Å². The van der Waals surface area contributed by atoms with E-state index in [-0.39, 0.29) is 11.4 Å². The second-order valence-corrected chi connectivity index (χ2v) is 2.43. The number of benzene rings is 1. The lowest BCUT2D eigenvalue weighted by Crippen LogP contribution is -2.26. The molecule has 80 valence electrons. The number of nitrogens with one attached hydrogen (secondary N) is 1. The molecule has 0 unspecified atom stereocenters. The third-order valence-corrected chi connectivity index (χ3v) is 1.18. The number of amides is 1. The molecular weight excluding hydrogens is 180 g/mol. The van der Waals surface area contributed by atoms with E-state index in [2.05, 4.69) is 5.32 Å². The molecule has 1 rings (SSSR count). The van der Waals surface area contributed by atoms with E-state index in [1.807, 2.05) is 36.4 Å². The van der Waals surface area contributed by atoms with E-state index in [1.54, 1.807) is 0 Å². The molecule has 1 aromatic carbocycles. The number of hydrogen-bond acceptors (Lipinski definition) is 2. The molecule has 0 aromatic heterocycles. The molecule has 0 aliphatic heterocycles. The second-order valence-electron chi connectivity index (χ2n) is 2.43. The fraction of sp³-hybridized carbons (Fsp3) is 0.300. The highest BCUT2D eigenvalue weighted by Crippen LogP contribution is 1.79. The van der Waals surface area contributed by atoms with Crippen LogP contribution in [0, 0.1) is 0 Å². The molecule has 0 heterocycles. The molecule has 5 N–H and O–H groups in total. The van der Waals surface area contributed by atoms with Crippen molar-refractivity contribution in [2.45, 2.75) is 6.92 Å². The summed E-state index contributed by atoms with van der Waals surface area (Å²) in [5.74, 6) is -0.0227. The zero-order valence-corrected chi connectivity index (χ0v) is 8.36. The fourth-order valence-electron chi connectivity index (χ4n) is 0.633. The molecule has 4 nitrogen and oxygen atoms in total. The zero-order chi connectivity index (χ0) is 9.94. The lowest BCUT2D eigenvalue weighted by molar-refractivity contribution is -0.118. The average Bonchev–Trinajstić information content (AvgIpc) is 2.18. The highest BCUT2D eigenvalue weighted by Gasteiger charge is 1.83. The van der Waals surface area contributed by atoms with Crippen molar-refractivity contribution in [1.82, 2.24) is 5.32 Å². The molecule has 4 heteroatoms. The van der Waals surface area contributed by atoms with E-state index in [1.165, 1.54) is 6.92 Å². The van der Waals surface area contributed by atoms with Crippen LogP contribution in [0.4, 0.5) is 0 Å². The summed E-state index contributed by atoms with van der Waals surface area (Å²) in [7, 11) is 0. The van der Waals surface area contributed by atoms with Crippen molar-refractivity contribution in [3.63, 3.8) is 0 Å². The molecule has 0 atom stereocenters. The van der Waals surface area contributed by atoms with Gasteiger partial charge in [-0.3, -0.25) is 4.79 Å². The Labute approximate surface area is 84.4 Å². The Morgan fingerprint density at radius 3 is 1.64 bits per heavy atom. The van der Waals surface area contributed by atoms with Crippen LogP contribution in [0.5, 0.6) is 0 Å². The number of hydrogen-bond donors (Lipinski definition) is 2. The normalized spacial score (nSPS) is 7.57. The molecule has 0 fully saturated rings. The van der Waals surface area contributed by atoms with E-state index < -0.39 is 0 Å². The smallest absolute Gasteiger partial charge is 0.216 e. The summed E-state index contributed by atoms with van der Waals surface area (Å²) in [5.41, 5.74) is 5.06. The first-order valence-electron chi connectivity index (χ1n) is 4.22. The molecule has 0 bridgehead atoms. The summed E-state index contributed by atoms with van der Waals surface area (Å²) in [4.78, 5) is 10.0. The van der Waals surface area contributed by atoms with Crippen molar-refractivity contribution in [1.29, 1.82) is 0 Å². The molecule has 0 saturated heterocycles. The summed E-state index contributed by atoms with van der Waals surface area (Å²) in [6, 6.07) is 12.0. The van der Waals surface area contributed by atoms with E-state index in [4.69, 9.17) is 5.73 Å². The van der Waals surface area contributed by atoms with Gasteiger partial charge in [-0.1, -0.05) is 36.4 Å². The lowest BCUT2D eigenvalue weighted by atomic mass is 10.4. The van der Waals surface area contributed by atoms with Gasteiger partial charge in [0.25, 0.3) is 0 Å². The van der Waals surface area contributed by atoms with Crippen LogP contribution in [0.15, 0.2) is 36.4 Å². The van der Waals surface area contributed by atoms with Crippen molar-refractivity contribution < 1.29 is 10.3 Å². The molecular formula is C10H18N2O2. The highest BCUT2D eigenvalue weighted by molar-refractivity contribution is 5.72. The summed E-state index contributed by atoms with van der Waals surface area (Å²) in [6.45, 7) is 2.56. The van der Waals surface area contributed by atoms with E-state index in [0.717, 1.165) is 0 Å². The Morgan fingerprint density at radius 1 is 1.14 bits per heavy atom. The first kappa shape index (κ1) is 15.1. The number of carbonyl (C=O) groups excluding carboxylic acids is 1. The number of rotatable bonds is 2. The quantitative estimate of drug-likeness (QED) is 0.697. The summed E-state index contributed by atoms with van der Waals surface area (Å²) in [5, 5.41) is 2.53. The van der Waals surface area contributed by atoms with Crippen molar-refractivity contribution in [2.75, 3.05) is 13.1 Å². The predicted molar refractivity (Wildman–Crippen MR) is 57.8 cm³/mol. The van der Waals surface area contributed by atoms with Crippen LogP contribution in [-0.4, -0.2) is 24.5 Å². The standard InChI is InChI=1S/C6H6.C4H10N2O.H2O/c1-2-4-6-5-3-1;1-4(7)6-3-2-5;/h1-6H;2-3,5H2,1H3,(H,6,7);1H2. The molecule has 0 aliphatic rings. The third kappa shape index (κ3) is 13.2. The Hall–Kier alpha value is -1.39. The summed E-state index contributed by atoms with van der Waals surface area (Å²) < 4.78 is 0. The van der Waals surface area contributed by atoms with Crippen molar-refractivity contribution in [3.05, 3.63) is 36.4 Å². The van der Waals surface area contributed by atoms with Gasteiger partial charge in [0, 0.05) is 20.0 Å². The molecule has 0 saturated carbocycles. The van der Waals surface area contributed by atoms with Crippen LogP contribution >= 0.6 is 0 Å². The fourth-order valence-corrected chi connectivity index (χ4v) is 0.633. The molecule has 0 spiro atoms. The van der Waals surface area contributed by atoms with Gasteiger partial charge in [0.1, 0.15) is 0 Å². The maximum Gasteiger partial charge on any atom is 0.216 e. The maximum atomic E-state index is 10.0. The first-order chi connectivity index (χ1) is 6.27. The maximum absolute atomic E-state index is 10.0. The van der Waals surface area contributed by atoms with Gasteiger partial charge in [0.15, 0.2) is 0 Å². The van der Waals surface area contributed by atoms with Crippen molar-refractivity contribution in [2.24, 2.45) is 5.73 Å². The van der Waals surface area contributed by atoms with E-state index in [0.29, 0.717) is 13.1 Å². The Morgan fingerprint density at radius 2 is 1.50 bits per heavy atom. The van der Waals surface area contributed by atoms with Crippen LogP contribution in [-0.2, 0) is 4.79 Å². The Kier molecular flexibility index (Phi) is 12.5. The Balaban J connectivity index is 0. The van der Waals surface area contributed by atoms with Crippen LogP contribution in [0.1, 0.15) is 6.92 Å². The van der Waals surface area contributed by atoms with Gasteiger partial charge in [0.2, 0.25) is 5.91 Å². The molecule has 0 radical (unpaired) electrons. The monoisotopic (exact) mass is 198 g/mol. The third-order valence-electron chi connectivity index (χ3n) is 1.18. The molecule has 1 aromatic rings. The number of carbonyl (C=O) groups is 1. The van der Waals surface area contributed by atoms with E-state index >= 15 is 0 Å². The van der Waals surface area contributed by atoms with Crippen LogP contribution < -0.4 is 11.1 Å². The van der Waals surface area contributed by atoms with Crippen molar-refractivity contribution in [3.8, 4) is 0 Å². The first-order valence-corrected chi connectivity index (χ1v) is 4.22. The van der Waals surface area contributed by atoms with Gasteiger partial charge < -0.3 is 16.5 Å². The topological polar surface area (TPSA) is 86.6 Å². The minimum Gasteiger partial charge on any atom is -0.412 e.